The van der Waals surface area contributed by atoms with E-state index in [2.05, 4.69) is 34.1 Å². The number of benzene rings is 3. The number of hydrogen-bond donors (Lipinski definition) is 1. The van der Waals surface area contributed by atoms with Crippen LogP contribution in [0.5, 0.6) is 17.2 Å². The first-order chi connectivity index (χ1) is 15.6. The second-order valence-electron chi connectivity index (χ2n) is 8.07. The molecule has 32 heavy (non-hydrogen) atoms. The van der Waals surface area contributed by atoms with E-state index in [4.69, 9.17) is 21.1 Å². The van der Waals surface area contributed by atoms with Gasteiger partial charge in [0.15, 0.2) is 0 Å². The molecule has 0 radical (unpaired) electrons. The fraction of sp³-hybridized carbons (Fsp3) is 0.308. The molecule has 1 aliphatic heterocycles. The molecule has 0 spiro atoms. The number of hydrogen-bond acceptors (Lipinski definition) is 5. The molecule has 3 aromatic rings. The van der Waals surface area contributed by atoms with Crippen molar-refractivity contribution in [3.05, 3.63) is 88.4 Å². The van der Waals surface area contributed by atoms with Crippen LogP contribution in [0.3, 0.4) is 0 Å². The Bertz CT molecular complexity index is 967. The summed E-state index contributed by atoms with van der Waals surface area (Å²) in [5, 5.41) is 11.4. The molecule has 1 saturated heterocycles. The van der Waals surface area contributed by atoms with Crippen molar-refractivity contribution < 1.29 is 14.6 Å². The average molecular weight is 453 g/mol. The fourth-order valence-corrected chi connectivity index (χ4v) is 4.52. The summed E-state index contributed by atoms with van der Waals surface area (Å²) in [7, 11) is 3.35. The van der Waals surface area contributed by atoms with Gasteiger partial charge in [0, 0.05) is 36.8 Å². The molecule has 0 saturated carbocycles. The lowest BCUT2D eigenvalue weighted by molar-refractivity contribution is -0.0103. The van der Waals surface area contributed by atoms with Gasteiger partial charge in [-0.3, -0.25) is 9.80 Å². The third-order valence-electron chi connectivity index (χ3n) is 5.94. The molecule has 0 bridgehead atoms. The van der Waals surface area contributed by atoms with Crippen molar-refractivity contribution in [2.75, 3.05) is 27.3 Å². The minimum atomic E-state index is -0.0911. The van der Waals surface area contributed by atoms with E-state index in [0.717, 1.165) is 49.7 Å². The molecule has 1 N–H and O–H groups in total. The lowest BCUT2D eigenvalue weighted by Crippen LogP contribution is -2.46. The van der Waals surface area contributed by atoms with E-state index in [0.29, 0.717) is 5.02 Å². The van der Waals surface area contributed by atoms with Gasteiger partial charge >= 0.3 is 0 Å². The largest absolute Gasteiger partial charge is 0.508 e. The molecule has 0 unspecified atom stereocenters. The second kappa shape index (κ2) is 10.3. The molecule has 1 aliphatic rings. The number of phenolic OH excluding ortho intramolecular Hbond substituents is 1. The summed E-state index contributed by atoms with van der Waals surface area (Å²) < 4.78 is 10.6. The number of rotatable bonds is 7. The predicted molar refractivity (Wildman–Crippen MR) is 127 cm³/mol. The lowest BCUT2D eigenvalue weighted by Gasteiger charge is -2.44. The van der Waals surface area contributed by atoms with Crippen molar-refractivity contribution in [3.8, 4) is 17.2 Å². The van der Waals surface area contributed by atoms with Gasteiger partial charge in [-0.25, -0.2) is 0 Å². The molecule has 1 fully saturated rings. The van der Waals surface area contributed by atoms with Crippen LogP contribution < -0.4 is 9.47 Å². The number of phenols is 1. The molecule has 6 heteroatoms. The van der Waals surface area contributed by atoms with Crippen LogP contribution in [0.1, 0.15) is 29.3 Å². The van der Waals surface area contributed by atoms with E-state index in [-0.39, 0.29) is 11.9 Å². The zero-order chi connectivity index (χ0) is 22.5. The highest BCUT2D eigenvalue weighted by Crippen LogP contribution is 2.37. The van der Waals surface area contributed by atoms with Gasteiger partial charge in [-0.05, 0) is 60.0 Å². The molecular formula is C26H29ClN2O3. The zero-order valence-corrected chi connectivity index (χ0v) is 19.3. The molecule has 168 valence electrons. The van der Waals surface area contributed by atoms with Gasteiger partial charge < -0.3 is 14.6 Å². The van der Waals surface area contributed by atoms with Crippen LogP contribution in [0.25, 0.3) is 0 Å². The molecule has 0 atom stereocenters. The summed E-state index contributed by atoms with van der Waals surface area (Å²) in [4.78, 5) is 4.81. The predicted octanol–water partition coefficient (Wildman–Crippen LogP) is 5.47. The molecule has 4 rings (SSSR count). The van der Waals surface area contributed by atoms with E-state index in [1.807, 2.05) is 30.3 Å². The molecule has 0 aliphatic carbocycles. The average Bonchev–Trinajstić information content (AvgIpc) is 2.82. The van der Waals surface area contributed by atoms with Crippen LogP contribution in [0.4, 0.5) is 0 Å². The highest BCUT2D eigenvalue weighted by Gasteiger charge is 2.32. The summed E-state index contributed by atoms with van der Waals surface area (Å²) in [6, 6.07) is 21.6. The monoisotopic (exact) mass is 452 g/mol. The van der Waals surface area contributed by atoms with Crippen molar-refractivity contribution in [1.29, 1.82) is 0 Å². The van der Waals surface area contributed by atoms with Crippen LogP contribution in [-0.4, -0.2) is 42.2 Å². The van der Waals surface area contributed by atoms with Gasteiger partial charge in [-0.15, -0.1) is 0 Å². The first-order valence-corrected chi connectivity index (χ1v) is 11.2. The smallest absolute Gasteiger partial charge is 0.121 e. The van der Waals surface area contributed by atoms with Crippen molar-refractivity contribution in [1.82, 2.24) is 9.80 Å². The Morgan fingerprint density at radius 3 is 1.78 bits per heavy atom. The van der Waals surface area contributed by atoms with E-state index >= 15 is 0 Å². The molecular weight excluding hydrogens is 424 g/mol. The van der Waals surface area contributed by atoms with Crippen LogP contribution in [0.15, 0.2) is 66.7 Å². The Labute approximate surface area is 194 Å². The summed E-state index contributed by atoms with van der Waals surface area (Å²) in [6.07, 6.45) is 0.955. The van der Waals surface area contributed by atoms with Crippen molar-refractivity contribution >= 4 is 11.6 Å². The maximum absolute atomic E-state index is 10.7. The minimum absolute atomic E-state index is 0.0911. The van der Waals surface area contributed by atoms with Crippen molar-refractivity contribution in [2.45, 2.75) is 25.7 Å². The Kier molecular flexibility index (Phi) is 7.20. The van der Waals surface area contributed by atoms with Crippen LogP contribution >= 0.6 is 11.6 Å². The van der Waals surface area contributed by atoms with Crippen LogP contribution in [0.2, 0.25) is 5.02 Å². The maximum atomic E-state index is 10.7. The molecule has 5 nitrogen and oxygen atoms in total. The topological polar surface area (TPSA) is 45.2 Å². The van der Waals surface area contributed by atoms with Gasteiger partial charge in [-0.1, -0.05) is 35.9 Å². The van der Waals surface area contributed by atoms with Gasteiger partial charge in [0.1, 0.15) is 17.2 Å². The Morgan fingerprint density at radius 1 is 0.812 bits per heavy atom. The summed E-state index contributed by atoms with van der Waals surface area (Å²) in [5.74, 6) is 1.95. The van der Waals surface area contributed by atoms with Crippen molar-refractivity contribution in [2.24, 2.45) is 0 Å². The Morgan fingerprint density at radius 2 is 1.31 bits per heavy atom. The number of halogens is 1. The third-order valence-corrected chi connectivity index (χ3v) is 6.17. The maximum Gasteiger partial charge on any atom is 0.121 e. The quantitative estimate of drug-likeness (QED) is 0.515. The normalized spacial score (nSPS) is 15.6. The van der Waals surface area contributed by atoms with Crippen molar-refractivity contribution in [3.63, 3.8) is 0 Å². The number of ether oxygens (including phenoxy) is 2. The fourth-order valence-electron chi connectivity index (χ4n) is 4.34. The first kappa shape index (κ1) is 22.5. The zero-order valence-electron chi connectivity index (χ0n) is 18.5. The van der Waals surface area contributed by atoms with Crippen LogP contribution in [-0.2, 0) is 13.1 Å². The van der Waals surface area contributed by atoms with Crippen LogP contribution in [0, 0.1) is 0 Å². The Hall–Kier alpha value is -2.73. The SMILES string of the molecule is COc1ccc(CN2CCCN(Cc3ccc(OC)cc3)C2c2cc(Cl)ccc2O)cc1. The number of methoxy groups -OCH3 is 2. The van der Waals surface area contributed by atoms with Gasteiger partial charge in [0.25, 0.3) is 0 Å². The van der Waals surface area contributed by atoms with Gasteiger partial charge in [0.05, 0.1) is 20.4 Å². The van der Waals surface area contributed by atoms with E-state index < -0.39 is 0 Å². The van der Waals surface area contributed by atoms with Gasteiger partial charge in [0.2, 0.25) is 0 Å². The molecule has 3 aromatic carbocycles. The highest BCUT2D eigenvalue weighted by molar-refractivity contribution is 6.30. The summed E-state index contributed by atoms with van der Waals surface area (Å²) in [5.41, 5.74) is 3.23. The van der Waals surface area contributed by atoms with E-state index in [9.17, 15) is 5.11 Å². The van der Waals surface area contributed by atoms with Gasteiger partial charge in [-0.2, -0.15) is 0 Å². The number of aromatic hydroxyl groups is 1. The lowest BCUT2D eigenvalue weighted by atomic mass is 10.0. The third kappa shape index (κ3) is 5.18. The first-order valence-electron chi connectivity index (χ1n) is 10.8. The summed E-state index contributed by atoms with van der Waals surface area (Å²) >= 11 is 6.34. The standard InChI is InChI=1S/C26H29ClN2O3/c1-31-22-9-4-19(5-10-22)17-28-14-3-15-29(18-20-6-11-23(32-2)12-7-20)26(28)24-16-21(27)8-13-25(24)30/h4-13,16,26,30H,3,14-15,17-18H2,1-2H3. The Balaban J connectivity index is 1.64. The minimum Gasteiger partial charge on any atom is -0.508 e. The number of nitrogens with zero attached hydrogens (tertiary/aromatic N) is 2. The second-order valence-corrected chi connectivity index (χ2v) is 8.50. The summed E-state index contributed by atoms with van der Waals surface area (Å²) in [6.45, 7) is 3.39. The molecule has 0 aromatic heterocycles. The molecule has 1 heterocycles. The molecule has 0 amide bonds. The van der Waals surface area contributed by atoms with E-state index in [1.165, 1.54) is 11.1 Å². The highest BCUT2D eigenvalue weighted by atomic mass is 35.5. The van der Waals surface area contributed by atoms with E-state index in [1.54, 1.807) is 26.4 Å².